The summed E-state index contributed by atoms with van der Waals surface area (Å²) in [5.74, 6) is 0.953. The molecule has 4 rings (SSSR count). The second kappa shape index (κ2) is 9.24. The minimum absolute atomic E-state index is 0.222. The molecule has 3 aromatic carbocycles. The van der Waals surface area contributed by atoms with Crippen molar-refractivity contribution in [2.75, 3.05) is 5.32 Å². The number of phenols is 2. The Morgan fingerprint density at radius 1 is 1.06 bits per heavy atom. The Labute approximate surface area is 198 Å². The van der Waals surface area contributed by atoms with Gasteiger partial charge in [0.15, 0.2) is 5.78 Å². The first-order valence-corrected chi connectivity index (χ1v) is 10.4. The Morgan fingerprint density at radius 2 is 1.82 bits per heavy atom. The van der Waals surface area contributed by atoms with E-state index in [1.165, 1.54) is 24.3 Å². The number of cyclic esters (lactones) is 1. The lowest BCUT2D eigenvalue weighted by atomic mass is 9.84. The molecule has 0 saturated heterocycles. The van der Waals surface area contributed by atoms with E-state index in [0.717, 1.165) is 6.07 Å². The van der Waals surface area contributed by atoms with Crippen LogP contribution in [0.4, 0.5) is 5.69 Å². The number of esters is 1. The van der Waals surface area contributed by atoms with Gasteiger partial charge in [0.25, 0.3) is 5.91 Å². The molecule has 0 aromatic heterocycles. The van der Waals surface area contributed by atoms with Gasteiger partial charge in [0.1, 0.15) is 29.2 Å². The van der Waals surface area contributed by atoms with E-state index in [2.05, 4.69) is 10.4 Å². The largest absolute Gasteiger partial charge is 0.508 e. The van der Waals surface area contributed by atoms with E-state index in [-0.39, 0.29) is 16.9 Å². The molecule has 0 bridgehead atoms. The van der Waals surface area contributed by atoms with Gasteiger partial charge in [-0.05, 0) is 36.4 Å². The standard InChI is InChI=1S/C24H18ClN3O6/c25-12-4-3-5-13(10-12)27-23(32)20(28-26)19(21(31)17-9-8-14(29)11-18(17)30)22-15-6-1-2-7-16(15)24(33)34-22/h1-11,19,22,29-30H,26H2,(H,27,32)/b28-20-/t19-,22-/m1/s1. The van der Waals surface area contributed by atoms with Crippen LogP contribution in [0, 0.1) is 5.92 Å². The summed E-state index contributed by atoms with van der Waals surface area (Å²) in [5, 5.41) is 26.4. The van der Waals surface area contributed by atoms with Gasteiger partial charge < -0.3 is 26.1 Å². The van der Waals surface area contributed by atoms with E-state index in [1.807, 2.05) is 0 Å². The molecular weight excluding hydrogens is 462 g/mol. The minimum atomic E-state index is -1.51. The number of hydrogen-bond donors (Lipinski definition) is 4. The molecule has 34 heavy (non-hydrogen) atoms. The number of carbonyl (C=O) groups excluding carboxylic acids is 3. The van der Waals surface area contributed by atoms with Crippen LogP contribution in [0.2, 0.25) is 5.02 Å². The van der Waals surface area contributed by atoms with Crippen molar-refractivity contribution in [1.29, 1.82) is 0 Å². The summed E-state index contributed by atoms with van der Waals surface area (Å²) in [6.07, 6.45) is -1.24. The molecule has 0 saturated carbocycles. The molecule has 0 fully saturated rings. The fraction of sp³-hybridized carbons (Fsp3) is 0.0833. The maximum absolute atomic E-state index is 13.6. The number of ketones is 1. The van der Waals surface area contributed by atoms with Crippen LogP contribution >= 0.6 is 11.6 Å². The number of halogens is 1. The highest BCUT2D eigenvalue weighted by molar-refractivity contribution is 6.47. The second-order valence-electron chi connectivity index (χ2n) is 7.44. The Morgan fingerprint density at radius 3 is 2.53 bits per heavy atom. The summed E-state index contributed by atoms with van der Waals surface area (Å²) >= 11 is 5.97. The zero-order valence-corrected chi connectivity index (χ0v) is 18.2. The van der Waals surface area contributed by atoms with Crippen molar-refractivity contribution < 1.29 is 29.3 Å². The van der Waals surface area contributed by atoms with Gasteiger partial charge in [-0.15, -0.1) is 0 Å². The molecule has 3 aromatic rings. The Balaban J connectivity index is 1.79. The molecule has 1 heterocycles. The van der Waals surface area contributed by atoms with Gasteiger partial charge in [-0.25, -0.2) is 4.79 Å². The van der Waals surface area contributed by atoms with Gasteiger partial charge in [-0.3, -0.25) is 9.59 Å². The first-order chi connectivity index (χ1) is 16.3. The Hall–Kier alpha value is -4.37. The average Bonchev–Trinajstić information content (AvgIpc) is 3.13. The lowest BCUT2D eigenvalue weighted by Gasteiger charge is -2.23. The number of benzene rings is 3. The maximum atomic E-state index is 13.6. The van der Waals surface area contributed by atoms with Crippen LogP contribution in [0.15, 0.2) is 71.8 Å². The summed E-state index contributed by atoms with van der Waals surface area (Å²) in [5.41, 5.74) is 0.251. The quantitative estimate of drug-likeness (QED) is 0.139. The number of rotatable bonds is 6. The van der Waals surface area contributed by atoms with Crippen LogP contribution in [0.5, 0.6) is 11.5 Å². The van der Waals surface area contributed by atoms with E-state index in [9.17, 15) is 24.6 Å². The molecule has 172 valence electrons. The number of anilines is 1. The highest BCUT2D eigenvalue weighted by atomic mass is 35.5. The predicted molar refractivity (Wildman–Crippen MR) is 124 cm³/mol. The number of nitrogens with two attached hydrogens (primary N) is 1. The van der Waals surface area contributed by atoms with Gasteiger partial charge >= 0.3 is 5.97 Å². The first kappa shape index (κ1) is 22.8. The van der Waals surface area contributed by atoms with E-state index in [1.54, 1.807) is 36.4 Å². The maximum Gasteiger partial charge on any atom is 0.339 e. The normalized spacial score (nSPS) is 15.9. The number of nitrogens with zero attached hydrogens (tertiary/aromatic N) is 1. The second-order valence-corrected chi connectivity index (χ2v) is 7.87. The Bertz CT molecular complexity index is 1340. The molecule has 0 aliphatic carbocycles. The summed E-state index contributed by atoms with van der Waals surface area (Å²) in [4.78, 5) is 39.2. The van der Waals surface area contributed by atoms with Crippen LogP contribution in [0.25, 0.3) is 0 Å². The molecular formula is C24H18ClN3O6. The van der Waals surface area contributed by atoms with Crippen molar-refractivity contribution in [1.82, 2.24) is 0 Å². The zero-order chi connectivity index (χ0) is 24.4. The molecule has 9 nitrogen and oxygen atoms in total. The molecule has 1 amide bonds. The van der Waals surface area contributed by atoms with Crippen molar-refractivity contribution in [3.8, 4) is 11.5 Å². The third kappa shape index (κ3) is 4.28. The lowest BCUT2D eigenvalue weighted by Crippen LogP contribution is -2.39. The van der Waals surface area contributed by atoms with Gasteiger partial charge in [0, 0.05) is 22.3 Å². The fourth-order valence-corrected chi connectivity index (χ4v) is 3.95. The number of nitrogens with one attached hydrogen (secondary N) is 1. The van der Waals surface area contributed by atoms with Gasteiger partial charge in [0.05, 0.1) is 11.1 Å². The van der Waals surface area contributed by atoms with Crippen molar-refractivity contribution in [2.45, 2.75) is 6.10 Å². The summed E-state index contributed by atoms with van der Waals surface area (Å²) < 4.78 is 5.47. The molecule has 1 aliphatic rings. The Kier molecular flexibility index (Phi) is 6.20. The van der Waals surface area contributed by atoms with E-state index in [0.29, 0.717) is 16.3 Å². The molecule has 1 aliphatic heterocycles. The zero-order valence-electron chi connectivity index (χ0n) is 17.4. The molecule has 0 spiro atoms. The van der Waals surface area contributed by atoms with Crippen LogP contribution in [-0.4, -0.2) is 33.6 Å². The van der Waals surface area contributed by atoms with Gasteiger partial charge in [-0.2, -0.15) is 5.10 Å². The summed E-state index contributed by atoms with van der Waals surface area (Å²) in [6, 6.07) is 16.1. The molecule has 0 unspecified atom stereocenters. The van der Waals surface area contributed by atoms with Crippen LogP contribution in [0.3, 0.4) is 0 Å². The van der Waals surface area contributed by atoms with Crippen molar-refractivity contribution in [3.05, 3.63) is 88.4 Å². The highest BCUT2D eigenvalue weighted by Crippen LogP contribution is 2.39. The first-order valence-electron chi connectivity index (χ1n) is 10.0. The van der Waals surface area contributed by atoms with E-state index >= 15 is 0 Å². The number of fused-ring (bicyclic) bond motifs is 1. The number of hydrazone groups is 1. The number of aromatic hydroxyl groups is 2. The number of ether oxygens (including phenoxy) is 1. The predicted octanol–water partition coefficient (Wildman–Crippen LogP) is 3.42. The van der Waals surface area contributed by atoms with Gasteiger partial charge in [0.2, 0.25) is 0 Å². The SMILES string of the molecule is N/N=C(\C(=O)Nc1cccc(Cl)c1)[C@H](C(=O)c1ccc(O)cc1O)[C@@H]1OC(=O)c2ccccc21. The highest BCUT2D eigenvalue weighted by Gasteiger charge is 2.45. The topological polar surface area (TPSA) is 151 Å². The summed E-state index contributed by atoms with van der Waals surface area (Å²) in [7, 11) is 0. The van der Waals surface area contributed by atoms with E-state index in [4.69, 9.17) is 22.2 Å². The van der Waals surface area contributed by atoms with Crippen LogP contribution < -0.4 is 11.2 Å². The third-order valence-electron chi connectivity index (χ3n) is 5.30. The molecule has 2 atom stereocenters. The molecule has 0 radical (unpaired) electrons. The molecule has 10 heteroatoms. The van der Waals surface area contributed by atoms with Crippen LogP contribution in [-0.2, 0) is 9.53 Å². The van der Waals surface area contributed by atoms with Crippen molar-refractivity contribution >= 4 is 40.7 Å². The number of Topliss-reactive ketones (excluding diaryl/α,β-unsaturated/α-hetero) is 1. The number of phenolic OH excluding ortho intramolecular Hbond substituents is 2. The van der Waals surface area contributed by atoms with E-state index < -0.39 is 41.1 Å². The van der Waals surface area contributed by atoms with Gasteiger partial charge in [-0.1, -0.05) is 35.9 Å². The minimum Gasteiger partial charge on any atom is -0.508 e. The summed E-state index contributed by atoms with van der Waals surface area (Å²) in [6.45, 7) is 0. The third-order valence-corrected chi connectivity index (χ3v) is 5.54. The number of amides is 1. The number of hydrogen-bond acceptors (Lipinski definition) is 8. The van der Waals surface area contributed by atoms with Crippen molar-refractivity contribution in [2.24, 2.45) is 16.9 Å². The van der Waals surface area contributed by atoms with Crippen LogP contribution in [0.1, 0.15) is 32.4 Å². The average molecular weight is 480 g/mol. The van der Waals surface area contributed by atoms with Crippen molar-refractivity contribution in [3.63, 3.8) is 0 Å². The lowest BCUT2D eigenvalue weighted by molar-refractivity contribution is -0.110. The fourth-order valence-electron chi connectivity index (χ4n) is 3.76. The monoisotopic (exact) mass is 479 g/mol. The molecule has 5 N–H and O–H groups in total. The number of carbonyl (C=O) groups is 3. The smallest absolute Gasteiger partial charge is 0.339 e.